The van der Waals surface area contributed by atoms with Gasteiger partial charge in [-0.2, -0.15) is 0 Å². The van der Waals surface area contributed by atoms with Crippen LogP contribution in [0.1, 0.15) is 21.5 Å². The van der Waals surface area contributed by atoms with E-state index in [4.69, 9.17) is 11.6 Å². The van der Waals surface area contributed by atoms with Crippen LogP contribution in [0, 0.1) is 0 Å². The van der Waals surface area contributed by atoms with E-state index in [9.17, 15) is 9.36 Å². The third kappa shape index (κ3) is 6.04. The van der Waals surface area contributed by atoms with E-state index >= 15 is 0 Å². The van der Waals surface area contributed by atoms with Crippen LogP contribution in [-0.4, -0.2) is 5.91 Å². The molecule has 0 saturated carbocycles. The molecule has 0 spiro atoms. The third-order valence-electron chi connectivity index (χ3n) is 4.06. The average Bonchev–Trinajstić information content (AvgIpc) is 2.73. The first-order valence-electron chi connectivity index (χ1n) is 8.80. The lowest BCUT2D eigenvalue weighted by Gasteiger charge is -2.22. The van der Waals surface area contributed by atoms with Crippen molar-refractivity contribution in [2.45, 2.75) is 13.1 Å². The molecule has 0 radical (unpaired) electrons. The standard InChI is InChI=1S/C21H21ClN3O2P/c22-20-13-11-19(12-14-20)21(26)25-28(27,23-15-17-7-3-1-4-8-17)24-16-18-9-5-2-6-10-18/h1-14H,15-16H2,(H3,23,24,25,26,27). The molecule has 0 unspecified atom stereocenters. The largest absolute Gasteiger partial charge is 0.306 e. The minimum Gasteiger partial charge on any atom is -0.279 e. The number of hydrogen-bond acceptors (Lipinski definition) is 2. The summed E-state index contributed by atoms with van der Waals surface area (Å²) in [5, 5.41) is 9.11. The number of hydrogen-bond donors (Lipinski definition) is 3. The number of benzene rings is 3. The number of halogens is 1. The van der Waals surface area contributed by atoms with Gasteiger partial charge in [-0.25, -0.2) is 10.2 Å². The second-order valence-corrected chi connectivity index (χ2v) is 8.71. The van der Waals surface area contributed by atoms with Crippen LogP contribution < -0.4 is 15.3 Å². The van der Waals surface area contributed by atoms with Crippen LogP contribution >= 0.6 is 19.2 Å². The van der Waals surface area contributed by atoms with Crippen LogP contribution in [0.2, 0.25) is 5.02 Å². The Labute approximate surface area is 169 Å². The van der Waals surface area contributed by atoms with Crippen molar-refractivity contribution in [3.8, 4) is 0 Å². The number of amides is 1. The van der Waals surface area contributed by atoms with E-state index in [0.29, 0.717) is 23.7 Å². The van der Waals surface area contributed by atoms with Gasteiger partial charge in [0, 0.05) is 23.7 Å². The third-order valence-corrected chi connectivity index (χ3v) is 6.04. The Kier molecular flexibility index (Phi) is 7.01. The van der Waals surface area contributed by atoms with Gasteiger partial charge in [-0.05, 0) is 35.4 Å². The van der Waals surface area contributed by atoms with E-state index in [0.717, 1.165) is 11.1 Å². The lowest BCUT2D eigenvalue weighted by Crippen LogP contribution is -2.35. The first-order valence-corrected chi connectivity index (χ1v) is 10.9. The molecule has 0 bridgehead atoms. The van der Waals surface area contributed by atoms with Gasteiger partial charge in [-0.1, -0.05) is 72.3 Å². The van der Waals surface area contributed by atoms with Gasteiger partial charge in [0.2, 0.25) is 0 Å². The fraction of sp³-hybridized carbons (Fsp3) is 0.0952. The second kappa shape index (κ2) is 9.67. The zero-order valence-electron chi connectivity index (χ0n) is 15.1. The normalized spacial score (nSPS) is 11.2. The smallest absolute Gasteiger partial charge is 0.279 e. The highest BCUT2D eigenvalue weighted by Gasteiger charge is 2.24. The molecule has 3 aromatic carbocycles. The molecule has 28 heavy (non-hydrogen) atoms. The maximum absolute atomic E-state index is 13.4. The highest BCUT2D eigenvalue weighted by atomic mass is 35.5. The van der Waals surface area contributed by atoms with Crippen LogP contribution in [-0.2, 0) is 17.7 Å². The number of nitrogens with one attached hydrogen (secondary N) is 3. The fourth-order valence-corrected chi connectivity index (χ4v) is 4.16. The molecular weight excluding hydrogens is 393 g/mol. The van der Waals surface area contributed by atoms with Crippen molar-refractivity contribution in [1.82, 2.24) is 15.3 Å². The minimum absolute atomic E-state index is 0.348. The van der Waals surface area contributed by atoms with Crippen molar-refractivity contribution < 1.29 is 9.36 Å². The lowest BCUT2D eigenvalue weighted by molar-refractivity contribution is 0.0979. The number of carbonyl (C=O) groups is 1. The summed E-state index contributed by atoms with van der Waals surface area (Å²) in [7, 11) is -3.42. The summed E-state index contributed by atoms with van der Waals surface area (Å²) in [6, 6.07) is 25.6. The summed E-state index contributed by atoms with van der Waals surface area (Å²) >= 11 is 5.87. The molecule has 0 saturated heterocycles. The quantitative estimate of drug-likeness (QED) is 0.466. The molecule has 0 heterocycles. The SMILES string of the molecule is O=C(NP(=O)(NCc1ccccc1)NCc1ccccc1)c1ccc(Cl)cc1. The molecule has 0 aliphatic heterocycles. The zero-order valence-corrected chi connectivity index (χ0v) is 16.8. The number of rotatable bonds is 8. The molecule has 144 valence electrons. The first kappa shape index (κ1) is 20.3. The van der Waals surface area contributed by atoms with Crippen LogP contribution in [0.4, 0.5) is 0 Å². The highest BCUT2D eigenvalue weighted by molar-refractivity contribution is 7.58. The van der Waals surface area contributed by atoms with Crippen LogP contribution in [0.25, 0.3) is 0 Å². The average molecular weight is 414 g/mol. The van der Waals surface area contributed by atoms with Crippen LogP contribution in [0.5, 0.6) is 0 Å². The Morgan fingerprint density at radius 2 is 1.21 bits per heavy atom. The van der Waals surface area contributed by atoms with E-state index in [-0.39, 0.29) is 0 Å². The van der Waals surface area contributed by atoms with Gasteiger partial charge < -0.3 is 0 Å². The summed E-state index contributed by atoms with van der Waals surface area (Å²) in [4.78, 5) is 12.6. The molecule has 7 heteroatoms. The van der Waals surface area contributed by atoms with E-state index in [1.165, 1.54) is 0 Å². The zero-order chi connectivity index (χ0) is 19.8. The van der Waals surface area contributed by atoms with Crippen molar-refractivity contribution >= 4 is 25.1 Å². The Morgan fingerprint density at radius 1 is 0.750 bits per heavy atom. The van der Waals surface area contributed by atoms with E-state index < -0.39 is 13.5 Å². The lowest BCUT2D eigenvalue weighted by atomic mass is 10.2. The Hall–Kier alpha value is -2.43. The predicted molar refractivity (Wildman–Crippen MR) is 113 cm³/mol. The summed E-state index contributed by atoms with van der Waals surface area (Å²) in [6.45, 7) is 0.696. The van der Waals surface area contributed by atoms with Gasteiger partial charge in [0.1, 0.15) is 0 Å². The Bertz CT molecular complexity index is 903. The molecule has 0 aromatic heterocycles. The molecule has 0 aliphatic rings. The van der Waals surface area contributed by atoms with Gasteiger partial charge in [0.05, 0.1) is 0 Å². The monoisotopic (exact) mass is 413 g/mol. The van der Waals surface area contributed by atoms with Gasteiger partial charge in [0.25, 0.3) is 5.91 Å². The maximum atomic E-state index is 13.4. The summed E-state index contributed by atoms with van der Waals surface area (Å²) in [5.74, 6) is -0.443. The predicted octanol–water partition coefficient (Wildman–Crippen LogP) is 4.76. The van der Waals surface area contributed by atoms with Gasteiger partial charge >= 0.3 is 7.59 Å². The van der Waals surface area contributed by atoms with Crippen molar-refractivity contribution in [2.75, 3.05) is 0 Å². The molecule has 0 atom stereocenters. The second-order valence-electron chi connectivity index (χ2n) is 6.20. The van der Waals surface area contributed by atoms with Crippen LogP contribution in [0.15, 0.2) is 84.9 Å². The van der Waals surface area contributed by atoms with Crippen LogP contribution in [0.3, 0.4) is 0 Å². The molecule has 3 rings (SSSR count). The summed E-state index contributed by atoms with van der Waals surface area (Å²) < 4.78 is 13.4. The molecule has 1 amide bonds. The Morgan fingerprint density at radius 3 is 1.68 bits per heavy atom. The first-order chi connectivity index (χ1) is 13.5. The van der Waals surface area contributed by atoms with Gasteiger partial charge in [0.15, 0.2) is 0 Å². The fourth-order valence-electron chi connectivity index (χ4n) is 2.54. The van der Waals surface area contributed by atoms with Crippen molar-refractivity contribution in [2.24, 2.45) is 0 Å². The molecule has 3 aromatic rings. The molecular formula is C21H21ClN3O2P. The summed E-state index contributed by atoms with van der Waals surface area (Å²) in [6.07, 6.45) is 0. The molecule has 0 fully saturated rings. The van der Waals surface area contributed by atoms with E-state index in [2.05, 4.69) is 15.3 Å². The van der Waals surface area contributed by atoms with Crippen molar-refractivity contribution in [3.63, 3.8) is 0 Å². The van der Waals surface area contributed by atoms with Gasteiger partial charge in [-0.15, -0.1) is 0 Å². The van der Waals surface area contributed by atoms with Gasteiger partial charge in [-0.3, -0.25) is 14.4 Å². The minimum atomic E-state index is -3.42. The molecule has 3 N–H and O–H groups in total. The van der Waals surface area contributed by atoms with Crippen molar-refractivity contribution in [3.05, 3.63) is 107 Å². The van der Waals surface area contributed by atoms with Crippen molar-refractivity contribution in [1.29, 1.82) is 0 Å². The molecule has 0 aliphatic carbocycles. The number of carbonyl (C=O) groups excluding carboxylic acids is 1. The van der Waals surface area contributed by atoms with E-state index in [1.807, 2.05) is 60.7 Å². The highest BCUT2D eigenvalue weighted by Crippen LogP contribution is 2.32. The molecule has 5 nitrogen and oxygen atoms in total. The maximum Gasteiger partial charge on any atom is 0.306 e. The Balaban J connectivity index is 1.73. The summed E-state index contributed by atoms with van der Waals surface area (Å²) in [5.41, 5.74) is 2.31. The topological polar surface area (TPSA) is 70.2 Å². The van der Waals surface area contributed by atoms with E-state index in [1.54, 1.807) is 24.3 Å².